The number of ether oxygens (including phenoxy) is 1. The number of anilines is 2. The van der Waals surface area contributed by atoms with E-state index in [9.17, 15) is 22.8 Å². The van der Waals surface area contributed by atoms with Crippen LogP contribution in [0.4, 0.5) is 24.7 Å². The number of pyridine rings is 1. The third-order valence-corrected chi connectivity index (χ3v) is 5.37. The van der Waals surface area contributed by atoms with E-state index < -0.39 is 12.1 Å². The Labute approximate surface area is 181 Å². The summed E-state index contributed by atoms with van der Waals surface area (Å²) in [6, 6.07) is 6.66. The van der Waals surface area contributed by atoms with Crippen molar-refractivity contribution in [2.45, 2.75) is 39.0 Å². The summed E-state index contributed by atoms with van der Waals surface area (Å²) in [4.78, 5) is 25.6. The Morgan fingerprint density at radius 1 is 1.09 bits per heavy atom. The third kappa shape index (κ3) is 4.25. The number of fused-ring (bicyclic) bond motifs is 1. The van der Waals surface area contributed by atoms with E-state index in [0.29, 0.717) is 29.9 Å². The maximum Gasteiger partial charge on any atom is 0.573 e. The first-order chi connectivity index (χ1) is 15.2. The van der Waals surface area contributed by atoms with Crippen LogP contribution in [-0.4, -0.2) is 20.7 Å². The van der Waals surface area contributed by atoms with Gasteiger partial charge in [0.05, 0.1) is 5.69 Å². The number of nitrogens with one attached hydrogen (secondary N) is 1. The number of halogens is 3. The first-order valence-corrected chi connectivity index (χ1v) is 10.1. The van der Waals surface area contributed by atoms with Gasteiger partial charge in [0, 0.05) is 24.4 Å². The molecule has 2 heterocycles. The van der Waals surface area contributed by atoms with Crippen LogP contribution in [0.1, 0.15) is 30.0 Å². The lowest BCUT2D eigenvalue weighted by Gasteiger charge is -2.15. The Kier molecular flexibility index (Phi) is 5.53. The highest BCUT2D eigenvalue weighted by Crippen LogP contribution is 2.28. The Morgan fingerprint density at radius 3 is 2.44 bits per heavy atom. The summed E-state index contributed by atoms with van der Waals surface area (Å²) in [5.41, 5.74) is 2.36. The lowest BCUT2D eigenvalue weighted by Crippen LogP contribution is -2.27. The fourth-order valence-electron chi connectivity index (χ4n) is 3.83. The monoisotopic (exact) mass is 446 g/mol. The highest BCUT2D eigenvalue weighted by molar-refractivity contribution is 5.61. The Morgan fingerprint density at radius 2 is 1.78 bits per heavy atom. The molecular formula is C22H21F3N4O3. The topological polar surface area (TPSA) is 78.2 Å². The van der Waals surface area contributed by atoms with Gasteiger partial charge >= 0.3 is 6.36 Å². The van der Waals surface area contributed by atoms with Crippen molar-refractivity contribution < 1.29 is 17.9 Å². The molecule has 0 amide bonds. The van der Waals surface area contributed by atoms with E-state index >= 15 is 0 Å². The van der Waals surface area contributed by atoms with Crippen LogP contribution >= 0.6 is 0 Å². The van der Waals surface area contributed by atoms with Crippen LogP contribution in [0.3, 0.4) is 0 Å². The van der Waals surface area contributed by atoms with Gasteiger partial charge in [0.15, 0.2) is 5.82 Å². The average molecular weight is 446 g/mol. The molecule has 1 aromatic carbocycles. The zero-order valence-corrected chi connectivity index (χ0v) is 17.5. The molecule has 0 aliphatic heterocycles. The lowest BCUT2D eigenvalue weighted by atomic mass is 10.1. The van der Waals surface area contributed by atoms with Gasteiger partial charge in [-0.1, -0.05) is 6.92 Å². The summed E-state index contributed by atoms with van der Waals surface area (Å²) in [6.07, 6.45) is -0.325. The van der Waals surface area contributed by atoms with E-state index in [2.05, 4.69) is 15.2 Å². The summed E-state index contributed by atoms with van der Waals surface area (Å²) in [5, 5.41) is 7.51. The van der Waals surface area contributed by atoms with Crippen LogP contribution in [0.15, 0.2) is 46.1 Å². The van der Waals surface area contributed by atoms with Gasteiger partial charge in [0.25, 0.3) is 11.1 Å². The molecule has 3 aromatic rings. The molecule has 1 aliphatic rings. The van der Waals surface area contributed by atoms with Crippen LogP contribution < -0.4 is 21.2 Å². The first-order valence-electron chi connectivity index (χ1n) is 10.1. The van der Waals surface area contributed by atoms with Crippen molar-refractivity contribution in [2.24, 2.45) is 7.05 Å². The number of aromatic nitrogens is 3. The van der Waals surface area contributed by atoms with Crippen molar-refractivity contribution in [1.29, 1.82) is 0 Å². The number of hydrogen-bond donors (Lipinski definition) is 1. The Hall–Kier alpha value is -3.56. The molecule has 168 valence electrons. The molecule has 1 N–H and O–H groups in total. The minimum Gasteiger partial charge on any atom is -0.406 e. The summed E-state index contributed by atoms with van der Waals surface area (Å²) in [7, 11) is 1.66. The molecule has 0 radical (unpaired) electrons. The number of aryl methyl sites for hydroxylation is 2. The van der Waals surface area contributed by atoms with Crippen LogP contribution in [0, 0.1) is 0 Å². The number of rotatable bonds is 5. The molecule has 32 heavy (non-hydrogen) atoms. The summed E-state index contributed by atoms with van der Waals surface area (Å²) in [5.74, 6) is -0.00763. The second kappa shape index (κ2) is 8.18. The van der Waals surface area contributed by atoms with Gasteiger partial charge in [0.2, 0.25) is 0 Å². The summed E-state index contributed by atoms with van der Waals surface area (Å²) in [6.45, 7) is 1.98. The maximum absolute atomic E-state index is 13.0. The fourth-order valence-corrected chi connectivity index (χ4v) is 3.83. The van der Waals surface area contributed by atoms with Gasteiger partial charge in [-0.15, -0.1) is 18.3 Å². The Bertz CT molecular complexity index is 1280. The van der Waals surface area contributed by atoms with Gasteiger partial charge in [-0.2, -0.15) is 4.68 Å². The van der Waals surface area contributed by atoms with E-state index in [4.69, 9.17) is 0 Å². The number of hydrogen-bond acceptors (Lipinski definition) is 5. The van der Waals surface area contributed by atoms with Gasteiger partial charge in [-0.3, -0.25) is 9.59 Å². The van der Waals surface area contributed by atoms with Crippen LogP contribution in [0.5, 0.6) is 5.75 Å². The third-order valence-electron chi connectivity index (χ3n) is 5.37. The smallest absolute Gasteiger partial charge is 0.406 e. The molecule has 10 heteroatoms. The molecule has 0 saturated carbocycles. The molecule has 0 spiro atoms. The standard InChI is InChI=1S/C22H21F3N4O3/c1-3-13-11-18(21(31)28(2)12-13)26-19-16-5-4-6-17(16)20(30)29(27-19)14-7-9-15(10-8-14)32-22(23,24)25/h7-12H,3-6H2,1-2H3,(H,26,27). The van der Waals surface area contributed by atoms with Gasteiger partial charge < -0.3 is 14.6 Å². The SMILES string of the molecule is CCc1cc(Nc2nn(-c3ccc(OC(F)(F)F)cc3)c(=O)c3c2CCC3)c(=O)n(C)c1. The zero-order valence-electron chi connectivity index (χ0n) is 17.5. The second-order valence-corrected chi connectivity index (χ2v) is 7.57. The number of benzene rings is 1. The van der Waals surface area contributed by atoms with Crippen molar-refractivity contribution in [3.8, 4) is 11.4 Å². The molecule has 0 unspecified atom stereocenters. The fraction of sp³-hybridized carbons (Fsp3) is 0.318. The van der Waals surface area contributed by atoms with Crippen molar-refractivity contribution in [2.75, 3.05) is 5.32 Å². The maximum atomic E-state index is 13.0. The Balaban J connectivity index is 1.77. The van der Waals surface area contributed by atoms with Crippen LogP contribution in [0.2, 0.25) is 0 Å². The predicted molar refractivity (Wildman–Crippen MR) is 113 cm³/mol. The van der Waals surface area contributed by atoms with Crippen molar-refractivity contribution >= 4 is 11.5 Å². The van der Waals surface area contributed by atoms with Gasteiger partial charge in [-0.05, 0) is 61.6 Å². The van der Waals surface area contributed by atoms with Crippen LogP contribution in [-0.2, 0) is 26.3 Å². The van der Waals surface area contributed by atoms with Crippen molar-refractivity contribution in [3.63, 3.8) is 0 Å². The molecule has 0 saturated heterocycles. The molecule has 0 bridgehead atoms. The quantitative estimate of drug-likeness (QED) is 0.648. The normalized spacial score (nSPS) is 13.2. The van der Waals surface area contributed by atoms with E-state index in [1.54, 1.807) is 19.3 Å². The number of nitrogens with zero attached hydrogens (tertiary/aromatic N) is 3. The van der Waals surface area contributed by atoms with Gasteiger partial charge in [0.1, 0.15) is 11.4 Å². The predicted octanol–water partition coefficient (Wildman–Crippen LogP) is 3.62. The largest absolute Gasteiger partial charge is 0.573 e. The second-order valence-electron chi connectivity index (χ2n) is 7.57. The molecule has 0 fully saturated rings. The molecule has 2 aromatic heterocycles. The summed E-state index contributed by atoms with van der Waals surface area (Å²) >= 11 is 0. The molecule has 0 atom stereocenters. The van der Waals surface area contributed by atoms with Gasteiger partial charge in [-0.25, -0.2) is 0 Å². The molecule has 7 nitrogen and oxygen atoms in total. The zero-order chi connectivity index (χ0) is 23.0. The van der Waals surface area contributed by atoms with Crippen molar-refractivity contribution in [1.82, 2.24) is 14.3 Å². The molecular weight excluding hydrogens is 425 g/mol. The first kappa shape index (κ1) is 21.7. The average Bonchev–Trinajstić information content (AvgIpc) is 3.23. The summed E-state index contributed by atoms with van der Waals surface area (Å²) < 4.78 is 43.8. The van der Waals surface area contributed by atoms with Crippen LogP contribution in [0.25, 0.3) is 5.69 Å². The lowest BCUT2D eigenvalue weighted by molar-refractivity contribution is -0.274. The minimum atomic E-state index is -4.81. The van der Waals surface area contributed by atoms with E-state index in [-0.39, 0.29) is 16.8 Å². The molecule has 1 aliphatic carbocycles. The minimum absolute atomic E-state index is 0.234. The van der Waals surface area contributed by atoms with E-state index in [1.165, 1.54) is 16.7 Å². The molecule has 4 rings (SSSR count). The van der Waals surface area contributed by atoms with E-state index in [1.807, 2.05) is 6.92 Å². The number of alkyl halides is 3. The van der Waals surface area contributed by atoms with Crippen molar-refractivity contribution in [3.05, 3.63) is 73.9 Å². The highest BCUT2D eigenvalue weighted by atomic mass is 19.4. The highest BCUT2D eigenvalue weighted by Gasteiger charge is 2.31. The van der Waals surface area contributed by atoms with E-state index in [0.717, 1.165) is 40.8 Å².